The van der Waals surface area contributed by atoms with Crippen LogP contribution in [-0.4, -0.2) is 32.4 Å². The zero-order chi connectivity index (χ0) is 15.1. The number of anilines is 1. The van der Waals surface area contributed by atoms with Gasteiger partial charge in [-0.25, -0.2) is 4.98 Å². The number of hydrogen-bond donors (Lipinski definition) is 0. The Kier molecular flexibility index (Phi) is 3.52. The number of hydrogen-bond acceptors (Lipinski definition) is 4. The lowest BCUT2D eigenvalue weighted by atomic mass is 10.3. The lowest BCUT2D eigenvalue weighted by Gasteiger charge is -2.18. The molecule has 22 heavy (non-hydrogen) atoms. The Balaban J connectivity index is 1.54. The van der Waals surface area contributed by atoms with Gasteiger partial charge in [0.2, 0.25) is 0 Å². The molecular formula is C15H18BrN5O. The maximum absolute atomic E-state index is 12.6. The second-order valence-corrected chi connectivity index (χ2v) is 7.09. The minimum atomic E-state index is 0.0386. The molecule has 3 heterocycles. The third-order valence-corrected chi connectivity index (χ3v) is 4.86. The summed E-state index contributed by atoms with van der Waals surface area (Å²) in [5.74, 6) is 1.26. The van der Waals surface area contributed by atoms with Gasteiger partial charge in [-0.3, -0.25) is 9.48 Å². The van der Waals surface area contributed by atoms with Crippen LogP contribution < -0.4 is 10.5 Å². The summed E-state index contributed by atoms with van der Waals surface area (Å²) in [6, 6.07) is 0.296. The molecule has 1 saturated heterocycles. The quantitative estimate of drug-likeness (QED) is 0.834. The van der Waals surface area contributed by atoms with Crippen LogP contribution in [0.3, 0.4) is 0 Å². The first kappa shape index (κ1) is 14.0. The first-order chi connectivity index (χ1) is 10.7. The molecule has 6 nitrogen and oxygen atoms in total. The van der Waals surface area contributed by atoms with Crippen LogP contribution in [0.1, 0.15) is 25.3 Å². The van der Waals surface area contributed by atoms with Gasteiger partial charge in [-0.1, -0.05) is 0 Å². The van der Waals surface area contributed by atoms with Crippen molar-refractivity contribution in [3.8, 4) is 0 Å². The van der Waals surface area contributed by atoms with Crippen molar-refractivity contribution in [3.63, 3.8) is 0 Å². The van der Waals surface area contributed by atoms with Crippen molar-refractivity contribution < 1.29 is 0 Å². The fourth-order valence-corrected chi connectivity index (χ4v) is 3.34. The van der Waals surface area contributed by atoms with E-state index in [2.05, 4.69) is 30.9 Å². The van der Waals surface area contributed by atoms with Gasteiger partial charge >= 0.3 is 0 Å². The van der Waals surface area contributed by atoms with Crippen LogP contribution in [0.15, 0.2) is 34.1 Å². The van der Waals surface area contributed by atoms with Gasteiger partial charge in [0.1, 0.15) is 0 Å². The molecule has 4 rings (SSSR count). The fourth-order valence-electron chi connectivity index (χ4n) is 3.04. The molecule has 0 N–H and O–H groups in total. The van der Waals surface area contributed by atoms with Crippen molar-refractivity contribution in [2.45, 2.75) is 31.8 Å². The minimum absolute atomic E-state index is 0.0386. The molecule has 1 unspecified atom stereocenters. The first-order valence-electron chi connectivity index (χ1n) is 7.71. The summed E-state index contributed by atoms with van der Waals surface area (Å²) in [7, 11) is 0. The molecule has 1 saturated carbocycles. The summed E-state index contributed by atoms with van der Waals surface area (Å²) in [4.78, 5) is 19.0. The van der Waals surface area contributed by atoms with E-state index in [-0.39, 0.29) is 5.56 Å². The highest BCUT2D eigenvalue weighted by Crippen LogP contribution is 2.30. The van der Waals surface area contributed by atoms with E-state index in [1.54, 1.807) is 12.4 Å². The van der Waals surface area contributed by atoms with Crippen LogP contribution in [0, 0.1) is 5.92 Å². The van der Waals surface area contributed by atoms with Gasteiger partial charge in [-0.2, -0.15) is 5.10 Å². The third kappa shape index (κ3) is 2.69. The summed E-state index contributed by atoms with van der Waals surface area (Å²) in [6.45, 7) is 2.46. The number of halogens is 1. The van der Waals surface area contributed by atoms with E-state index in [9.17, 15) is 4.79 Å². The summed E-state index contributed by atoms with van der Waals surface area (Å²) in [6.07, 6.45) is 10.8. The number of aromatic nitrogens is 4. The summed E-state index contributed by atoms with van der Waals surface area (Å²) < 4.78 is 4.77. The Morgan fingerprint density at radius 2 is 2.18 bits per heavy atom. The van der Waals surface area contributed by atoms with Gasteiger partial charge in [0, 0.05) is 38.2 Å². The minimum Gasteiger partial charge on any atom is -0.350 e. The van der Waals surface area contributed by atoms with Crippen molar-refractivity contribution >= 4 is 21.7 Å². The van der Waals surface area contributed by atoms with E-state index in [0.29, 0.717) is 17.8 Å². The Morgan fingerprint density at radius 3 is 2.91 bits per heavy atom. The molecule has 0 radical (unpaired) electrons. The Bertz CT molecular complexity index is 736. The maximum Gasteiger partial charge on any atom is 0.293 e. The van der Waals surface area contributed by atoms with Crippen LogP contribution >= 0.6 is 15.9 Å². The molecule has 0 aromatic carbocycles. The van der Waals surface area contributed by atoms with Gasteiger partial charge in [-0.05, 0) is 41.1 Å². The van der Waals surface area contributed by atoms with E-state index in [1.807, 2.05) is 21.6 Å². The topological polar surface area (TPSA) is 56.0 Å². The summed E-state index contributed by atoms with van der Waals surface area (Å²) >= 11 is 3.43. The largest absolute Gasteiger partial charge is 0.350 e. The molecule has 0 amide bonds. The highest BCUT2D eigenvalue weighted by atomic mass is 79.9. The zero-order valence-corrected chi connectivity index (χ0v) is 13.8. The van der Waals surface area contributed by atoms with Gasteiger partial charge in [-0.15, -0.1) is 0 Å². The predicted molar refractivity (Wildman–Crippen MR) is 87.0 cm³/mol. The highest BCUT2D eigenvalue weighted by molar-refractivity contribution is 9.10. The molecule has 7 heteroatoms. The smallest absolute Gasteiger partial charge is 0.293 e. The Labute approximate surface area is 136 Å². The molecular weight excluding hydrogens is 346 g/mol. The van der Waals surface area contributed by atoms with Gasteiger partial charge < -0.3 is 9.47 Å². The number of nitrogens with zero attached hydrogens (tertiary/aromatic N) is 5. The average Bonchev–Trinajstić information content (AvgIpc) is 3.00. The molecule has 1 aliphatic heterocycles. The van der Waals surface area contributed by atoms with E-state index in [0.717, 1.165) is 30.5 Å². The van der Waals surface area contributed by atoms with Crippen LogP contribution in [0.5, 0.6) is 0 Å². The van der Waals surface area contributed by atoms with Crippen molar-refractivity contribution in [1.82, 2.24) is 19.3 Å². The fraction of sp³-hybridized carbons (Fsp3) is 0.533. The molecule has 2 aliphatic rings. The molecule has 1 aliphatic carbocycles. The standard InChI is InChI=1S/C15H18BrN5O/c16-12-7-18-21(9-12)13-3-5-19(10-13)14-15(22)20(6-4-17-14)8-11-1-2-11/h4,6-7,9,11,13H,1-3,5,8,10H2. The van der Waals surface area contributed by atoms with Crippen LogP contribution in [0.4, 0.5) is 5.82 Å². The van der Waals surface area contributed by atoms with Gasteiger partial charge in [0.05, 0.1) is 16.7 Å². The predicted octanol–water partition coefficient (Wildman–Crippen LogP) is 2.06. The maximum atomic E-state index is 12.6. The van der Waals surface area contributed by atoms with Crippen LogP contribution in [-0.2, 0) is 6.54 Å². The summed E-state index contributed by atoms with van der Waals surface area (Å²) in [5.41, 5.74) is 0.0386. The van der Waals surface area contributed by atoms with E-state index < -0.39 is 0 Å². The van der Waals surface area contributed by atoms with Crippen LogP contribution in [0.25, 0.3) is 0 Å². The Hall–Kier alpha value is -1.63. The molecule has 2 aromatic heterocycles. The average molecular weight is 364 g/mol. The van der Waals surface area contributed by atoms with Crippen molar-refractivity contribution in [1.29, 1.82) is 0 Å². The van der Waals surface area contributed by atoms with Crippen molar-refractivity contribution in [2.24, 2.45) is 5.92 Å². The molecule has 2 aromatic rings. The second-order valence-electron chi connectivity index (χ2n) is 6.18. The van der Waals surface area contributed by atoms with Gasteiger partial charge in [0.15, 0.2) is 5.82 Å². The zero-order valence-electron chi connectivity index (χ0n) is 12.2. The number of rotatable bonds is 4. The lowest BCUT2D eigenvalue weighted by Crippen LogP contribution is -2.32. The Morgan fingerprint density at radius 1 is 1.32 bits per heavy atom. The highest BCUT2D eigenvalue weighted by Gasteiger charge is 2.28. The van der Waals surface area contributed by atoms with Crippen molar-refractivity contribution in [3.05, 3.63) is 39.6 Å². The molecule has 0 spiro atoms. The molecule has 0 bridgehead atoms. The normalized spacial score (nSPS) is 21.5. The van der Waals surface area contributed by atoms with E-state index in [4.69, 9.17) is 0 Å². The molecule has 116 valence electrons. The van der Waals surface area contributed by atoms with Crippen molar-refractivity contribution in [2.75, 3.05) is 18.0 Å². The second kappa shape index (κ2) is 5.53. The van der Waals surface area contributed by atoms with E-state index >= 15 is 0 Å². The summed E-state index contributed by atoms with van der Waals surface area (Å²) in [5, 5.41) is 4.35. The van der Waals surface area contributed by atoms with E-state index in [1.165, 1.54) is 12.8 Å². The first-order valence-corrected chi connectivity index (χ1v) is 8.50. The van der Waals surface area contributed by atoms with Crippen LogP contribution in [0.2, 0.25) is 0 Å². The molecule has 1 atom stereocenters. The molecule has 2 fully saturated rings. The lowest BCUT2D eigenvalue weighted by molar-refractivity contribution is 0.494. The third-order valence-electron chi connectivity index (χ3n) is 4.45. The SMILES string of the molecule is O=c1c(N2CCC(n3cc(Br)cn3)C2)nccn1CC1CC1. The van der Waals surface area contributed by atoms with Gasteiger partial charge in [0.25, 0.3) is 5.56 Å². The monoisotopic (exact) mass is 363 g/mol.